The van der Waals surface area contributed by atoms with Crippen molar-refractivity contribution in [2.45, 2.75) is 26.8 Å². The Morgan fingerprint density at radius 1 is 1.39 bits per heavy atom. The highest BCUT2D eigenvalue weighted by Crippen LogP contribution is 2.23. The molecule has 0 saturated heterocycles. The highest BCUT2D eigenvalue weighted by Gasteiger charge is 2.12. The van der Waals surface area contributed by atoms with Crippen molar-refractivity contribution in [3.8, 4) is 5.88 Å². The summed E-state index contributed by atoms with van der Waals surface area (Å²) in [6.45, 7) is 6.72. The second kappa shape index (κ2) is 6.44. The molecule has 102 valence electrons. The summed E-state index contributed by atoms with van der Waals surface area (Å²) in [5.74, 6) is 1.62. The maximum atomic E-state index is 9.14. The molecule has 0 radical (unpaired) electrons. The van der Waals surface area contributed by atoms with E-state index in [1.54, 1.807) is 6.07 Å². The van der Waals surface area contributed by atoms with Gasteiger partial charge in [-0.15, -0.1) is 0 Å². The van der Waals surface area contributed by atoms with E-state index in [0.29, 0.717) is 24.1 Å². The Morgan fingerprint density at radius 2 is 2.06 bits per heavy atom. The molecule has 1 heterocycles. The van der Waals surface area contributed by atoms with Crippen LogP contribution in [0.25, 0.3) is 0 Å². The van der Waals surface area contributed by atoms with Gasteiger partial charge in [-0.25, -0.2) is 0 Å². The van der Waals surface area contributed by atoms with Crippen molar-refractivity contribution < 1.29 is 9.84 Å². The van der Waals surface area contributed by atoms with Crippen LogP contribution >= 0.6 is 0 Å². The van der Waals surface area contributed by atoms with Crippen molar-refractivity contribution in [3.05, 3.63) is 12.1 Å². The molecule has 18 heavy (non-hydrogen) atoms. The first-order valence-electron chi connectivity index (χ1n) is 6.18. The van der Waals surface area contributed by atoms with Gasteiger partial charge in [0.2, 0.25) is 5.88 Å². The summed E-state index contributed by atoms with van der Waals surface area (Å²) in [6, 6.07) is 3.60. The summed E-state index contributed by atoms with van der Waals surface area (Å²) in [4.78, 5) is 6.27. The van der Waals surface area contributed by atoms with Gasteiger partial charge in [-0.05, 0) is 25.0 Å². The van der Waals surface area contributed by atoms with Gasteiger partial charge >= 0.3 is 0 Å². The van der Waals surface area contributed by atoms with Crippen LogP contribution in [0.15, 0.2) is 12.1 Å². The van der Waals surface area contributed by atoms with Gasteiger partial charge in [0, 0.05) is 7.05 Å². The summed E-state index contributed by atoms with van der Waals surface area (Å²) < 4.78 is 5.58. The molecule has 1 aromatic heterocycles. The van der Waals surface area contributed by atoms with Crippen molar-refractivity contribution in [1.82, 2.24) is 4.98 Å². The number of pyridine rings is 1. The SMILES string of the molecule is CC(C)COc1nc(N(C)C(C)CO)ccc1N. The molecule has 0 aromatic carbocycles. The quantitative estimate of drug-likeness (QED) is 0.804. The summed E-state index contributed by atoms with van der Waals surface area (Å²) >= 11 is 0. The van der Waals surface area contributed by atoms with Crippen LogP contribution < -0.4 is 15.4 Å². The minimum Gasteiger partial charge on any atom is -0.476 e. The van der Waals surface area contributed by atoms with E-state index in [4.69, 9.17) is 15.6 Å². The number of nitrogen functional groups attached to an aromatic ring is 1. The molecule has 0 aliphatic heterocycles. The van der Waals surface area contributed by atoms with E-state index in [-0.39, 0.29) is 12.6 Å². The topological polar surface area (TPSA) is 71.6 Å². The van der Waals surface area contributed by atoms with E-state index < -0.39 is 0 Å². The lowest BCUT2D eigenvalue weighted by atomic mass is 10.2. The van der Waals surface area contributed by atoms with Crippen LogP contribution in [-0.4, -0.2) is 36.4 Å². The third kappa shape index (κ3) is 3.77. The van der Waals surface area contributed by atoms with Gasteiger partial charge in [-0.3, -0.25) is 0 Å². The molecule has 3 N–H and O–H groups in total. The molecule has 0 fully saturated rings. The third-order valence-corrected chi connectivity index (χ3v) is 2.72. The second-order valence-corrected chi connectivity index (χ2v) is 4.91. The largest absolute Gasteiger partial charge is 0.476 e. The predicted molar refractivity (Wildman–Crippen MR) is 73.9 cm³/mol. The minimum atomic E-state index is -0.000858. The maximum absolute atomic E-state index is 9.14. The van der Waals surface area contributed by atoms with Crippen LogP contribution in [0.3, 0.4) is 0 Å². The number of hydrogen-bond acceptors (Lipinski definition) is 5. The van der Waals surface area contributed by atoms with E-state index in [2.05, 4.69) is 18.8 Å². The van der Waals surface area contributed by atoms with Crippen LogP contribution in [0.5, 0.6) is 5.88 Å². The zero-order chi connectivity index (χ0) is 13.7. The molecule has 5 heteroatoms. The van der Waals surface area contributed by atoms with Gasteiger partial charge in [0.05, 0.1) is 24.9 Å². The van der Waals surface area contributed by atoms with Crippen molar-refractivity contribution in [3.63, 3.8) is 0 Å². The van der Waals surface area contributed by atoms with E-state index >= 15 is 0 Å². The van der Waals surface area contributed by atoms with Crippen LogP contribution in [0.4, 0.5) is 11.5 Å². The van der Waals surface area contributed by atoms with Crippen LogP contribution in [0.1, 0.15) is 20.8 Å². The maximum Gasteiger partial charge on any atom is 0.239 e. The molecule has 1 unspecified atom stereocenters. The average Bonchev–Trinajstić information content (AvgIpc) is 2.35. The van der Waals surface area contributed by atoms with Crippen LogP contribution in [0, 0.1) is 5.92 Å². The summed E-state index contributed by atoms with van der Waals surface area (Å²) in [5, 5.41) is 9.14. The first-order valence-corrected chi connectivity index (χ1v) is 6.18. The fourth-order valence-electron chi connectivity index (χ4n) is 1.35. The van der Waals surface area contributed by atoms with E-state index in [1.165, 1.54) is 0 Å². The molecule has 0 amide bonds. The number of nitrogens with two attached hydrogens (primary N) is 1. The molecule has 0 spiro atoms. The van der Waals surface area contributed by atoms with Gasteiger partial charge in [-0.1, -0.05) is 13.8 Å². The molecule has 1 rings (SSSR count). The minimum absolute atomic E-state index is 0.000858. The van der Waals surface area contributed by atoms with Crippen molar-refractivity contribution >= 4 is 11.5 Å². The fraction of sp³-hybridized carbons (Fsp3) is 0.615. The summed E-state index contributed by atoms with van der Waals surface area (Å²) in [5.41, 5.74) is 6.36. The van der Waals surface area contributed by atoms with Crippen LogP contribution in [0.2, 0.25) is 0 Å². The molecular formula is C13H23N3O2. The molecule has 0 saturated carbocycles. The zero-order valence-corrected chi connectivity index (χ0v) is 11.6. The van der Waals surface area contributed by atoms with Crippen LogP contribution in [-0.2, 0) is 0 Å². The number of nitrogens with zero attached hydrogens (tertiary/aromatic N) is 2. The van der Waals surface area contributed by atoms with Crippen molar-refractivity contribution in [1.29, 1.82) is 0 Å². The van der Waals surface area contributed by atoms with Gasteiger partial charge in [0.25, 0.3) is 0 Å². The molecule has 0 bridgehead atoms. The Kier molecular flexibility index (Phi) is 5.22. The smallest absolute Gasteiger partial charge is 0.239 e. The van der Waals surface area contributed by atoms with E-state index in [9.17, 15) is 0 Å². The highest BCUT2D eigenvalue weighted by molar-refractivity contribution is 5.54. The number of likely N-dealkylation sites (N-methyl/N-ethyl adjacent to an activating group) is 1. The van der Waals surface area contributed by atoms with Crippen molar-refractivity contribution in [2.75, 3.05) is 30.9 Å². The number of hydrogen-bond donors (Lipinski definition) is 2. The number of aliphatic hydroxyl groups excluding tert-OH is 1. The van der Waals surface area contributed by atoms with Crippen molar-refractivity contribution in [2.24, 2.45) is 5.92 Å². The highest BCUT2D eigenvalue weighted by atomic mass is 16.5. The normalized spacial score (nSPS) is 12.6. The number of aromatic nitrogens is 1. The molecular weight excluding hydrogens is 230 g/mol. The molecule has 0 aliphatic rings. The van der Waals surface area contributed by atoms with Gasteiger partial charge in [0.15, 0.2) is 0 Å². The summed E-state index contributed by atoms with van der Waals surface area (Å²) in [7, 11) is 1.88. The lowest BCUT2D eigenvalue weighted by Gasteiger charge is -2.24. The second-order valence-electron chi connectivity index (χ2n) is 4.91. The summed E-state index contributed by atoms with van der Waals surface area (Å²) in [6.07, 6.45) is 0. The standard InChI is InChI=1S/C13H23N3O2/c1-9(2)8-18-13-11(14)5-6-12(15-13)16(4)10(3)7-17/h5-6,9-10,17H,7-8,14H2,1-4H3. The lowest BCUT2D eigenvalue weighted by Crippen LogP contribution is -2.32. The molecule has 0 aliphatic carbocycles. The average molecular weight is 253 g/mol. The van der Waals surface area contributed by atoms with E-state index in [0.717, 1.165) is 5.82 Å². The molecule has 1 atom stereocenters. The fourth-order valence-corrected chi connectivity index (χ4v) is 1.35. The number of aliphatic hydroxyl groups is 1. The van der Waals surface area contributed by atoms with Gasteiger partial charge < -0.3 is 20.5 Å². The monoisotopic (exact) mass is 253 g/mol. The Morgan fingerprint density at radius 3 is 2.61 bits per heavy atom. The lowest BCUT2D eigenvalue weighted by molar-refractivity contribution is 0.260. The first kappa shape index (κ1) is 14.6. The number of rotatable bonds is 6. The van der Waals surface area contributed by atoms with E-state index in [1.807, 2.05) is 24.9 Å². The Balaban J connectivity index is 2.86. The zero-order valence-electron chi connectivity index (χ0n) is 11.6. The third-order valence-electron chi connectivity index (χ3n) is 2.72. The first-order chi connectivity index (χ1) is 8.45. The Bertz CT molecular complexity index is 382. The molecule has 5 nitrogen and oxygen atoms in total. The predicted octanol–water partition coefficient (Wildman–Crippen LogP) is 1.52. The Hall–Kier alpha value is -1.49. The van der Waals surface area contributed by atoms with Gasteiger partial charge in [-0.2, -0.15) is 4.98 Å². The number of ether oxygens (including phenoxy) is 1. The number of anilines is 2. The van der Waals surface area contributed by atoms with Gasteiger partial charge in [0.1, 0.15) is 5.82 Å². The Labute approximate surface area is 109 Å². The molecule has 1 aromatic rings.